The van der Waals surface area contributed by atoms with E-state index in [0.29, 0.717) is 22.4 Å². The Kier molecular flexibility index (Phi) is 6.82. The second-order valence-corrected chi connectivity index (χ2v) is 8.18. The topological polar surface area (TPSA) is 95.6 Å². The summed E-state index contributed by atoms with van der Waals surface area (Å²) in [5.74, 6) is -1.38. The van der Waals surface area contributed by atoms with E-state index in [-0.39, 0.29) is 43.0 Å². The number of carbonyl (C=O) groups excluding carboxylic acids is 4. The van der Waals surface area contributed by atoms with Crippen molar-refractivity contribution in [3.05, 3.63) is 101 Å². The van der Waals surface area contributed by atoms with Crippen molar-refractivity contribution < 1.29 is 19.2 Å². The minimum Gasteiger partial charge on any atom is -0.341 e. The first-order valence-corrected chi connectivity index (χ1v) is 11.1. The Morgan fingerprint density at radius 1 is 0.853 bits per heavy atom. The van der Waals surface area contributed by atoms with Crippen LogP contribution in [0.5, 0.6) is 0 Å². The first-order valence-electron chi connectivity index (χ1n) is 11.1. The van der Waals surface area contributed by atoms with Gasteiger partial charge in [0.25, 0.3) is 17.7 Å². The highest BCUT2D eigenvalue weighted by atomic mass is 16.2. The molecule has 7 nitrogen and oxygen atoms in total. The van der Waals surface area contributed by atoms with Crippen LogP contribution in [0, 0.1) is 6.92 Å². The second-order valence-electron chi connectivity index (χ2n) is 8.18. The molecule has 0 radical (unpaired) electrons. The van der Waals surface area contributed by atoms with Crippen molar-refractivity contribution in [2.24, 2.45) is 0 Å². The van der Waals surface area contributed by atoms with Gasteiger partial charge in [-0.25, -0.2) is 0 Å². The molecule has 1 heterocycles. The fourth-order valence-electron chi connectivity index (χ4n) is 3.92. The first-order chi connectivity index (χ1) is 16.4. The molecule has 4 rings (SSSR count). The lowest BCUT2D eigenvalue weighted by molar-refractivity contribution is -0.126. The summed E-state index contributed by atoms with van der Waals surface area (Å²) in [6.07, 6.45) is 0.354. The zero-order valence-corrected chi connectivity index (χ0v) is 18.8. The summed E-state index contributed by atoms with van der Waals surface area (Å²) in [6, 6.07) is 22.3. The monoisotopic (exact) mass is 455 g/mol. The van der Waals surface area contributed by atoms with E-state index in [1.807, 2.05) is 31.2 Å². The molecule has 3 aromatic carbocycles. The predicted molar refractivity (Wildman–Crippen MR) is 128 cm³/mol. The Balaban J connectivity index is 1.37. The number of hydrogen-bond donors (Lipinski definition) is 2. The van der Waals surface area contributed by atoms with Crippen LogP contribution in [-0.4, -0.2) is 35.1 Å². The van der Waals surface area contributed by atoms with Gasteiger partial charge >= 0.3 is 0 Å². The van der Waals surface area contributed by atoms with Crippen LogP contribution in [0.1, 0.15) is 50.7 Å². The Morgan fingerprint density at radius 2 is 1.50 bits per heavy atom. The Bertz CT molecular complexity index is 1230. The molecule has 172 valence electrons. The van der Waals surface area contributed by atoms with Crippen LogP contribution < -0.4 is 10.6 Å². The summed E-state index contributed by atoms with van der Waals surface area (Å²) in [5.41, 5.74) is 2.98. The van der Waals surface area contributed by atoms with Crippen molar-refractivity contribution in [1.82, 2.24) is 10.2 Å². The second kappa shape index (κ2) is 10.1. The highest BCUT2D eigenvalue weighted by Gasteiger charge is 2.35. The van der Waals surface area contributed by atoms with Crippen LogP contribution in [0.15, 0.2) is 78.9 Å². The van der Waals surface area contributed by atoms with E-state index in [0.717, 1.165) is 5.56 Å². The van der Waals surface area contributed by atoms with Crippen molar-refractivity contribution in [2.75, 3.05) is 11.9 Å². The molecule has 1 aliphatic heterocycles. The molecule has 0 spiro atoms. The van der Waals surface area contributed by atoms with E-state index in [4.69, 9.17) is 0 Å². The number of nitrogens with zero attached hydrogens (tertiary/aromatic N) is 1. The molecular weight excluding hydrogens is 430 g/mol. The van der Waals surface area contributed by atoms with E-state index in [1.165, 1.54) is 4.90 Å². The molecule has 4 amide bonds. The fourth-order valence-corrected chi connectivity index (χ4v) is 3.92. The van der Waals surface area contributed by atoms with Crippen molar-refractivity contribution in [2.45, 2.75) is 25.8 Å². The third-order valence-electron chi connectivity index (χ3n) is 5.65. The minimum atomic E-state index is -0.879. The van der Waals surface area contributed by atoms with Gasteiger partial charge in [0.05, 0.1) is 11.1 Å². The molecule has 0 bridgehead atoms. The van der Waals surface area contributed by atoms with Gasteiger partial charge in [0.1, 0.15) is 6.04 Å². The summed E-state index contributed by atoms with van der Waals surface area (Å²) in [7, 11) is 0. The Labute approximate surface area is 197 Å². The number of amides is 4. The normalized spacial score (nSPS) is 13.4. The number of para-hydroxylation sites is 1. The van der Waals surface area contributed by atoms with Gasteiger partial charge in [-0.3, -0.25) is 24.1 Å². The first kappa shape index (κ1) is 22.9. The maximum atomic E-state index is 12.9. The number of hydrogen-bond acceptors (Lipinski definition) is 4. The summed E-state index contributed by atoms with van der Waals surface area (Å²) in [5, 5.41) is 5.61. The molecular formula is C27H25N3O4. The van der Waals surface area contributed by atoms with Crippen LogP contribution in [0.3, 0.4) is 0 Å². The molecule has 34 heavy (non-hydrogen) atoms. The number of imide groups is 1. The van der Waals surface area contributed by atoms with Crippen LogP contribution in [-0.2, 0) is 9.59 Å². The molecule has 0 saturated heterocycles. The number of anilines is 1. The maximum absolute atomic E-state index is 12.9. The summed E-state index contributed by atoms with van der Waals surface area (Å²) in [6.45, 7) is 1.99. The van der Waals surface area contributed by atoms with Gasteiger partial charge in [-0.15, -0.1) is 0 Å². The molecule has 0 saturated carbocycles. The van der Waals surface area contributed by atoms with E-state index in [1.54, 1.807) is 54.6 Å². The molecule has 1 aliphatic rings. The maximum Gasteiger partial charge on any atom is 0.261 e. The highest BCUT2D eigenvalue weighted by molar-refractivity contribution is 6.21. The van der Waals surface area contributed by atoms with Gasteiger partial charge in [-0.1, -0.05) is 60.2 Å². The van der Waals surface area contributed by atoms with E-state index in [2.05, 4.69) is 10.6 Å². The lowest BCUT2D eigenvalue weighted by Crippen LogP contribution is -2.37. The van der Waals surface area contributed by atoms with E-state index >= 15 is 0 Å². The number of carbonyl (C=O) groups is 4. The van der Waals surface area contributed by atoms with Gasteiger partial charge in [-0.05, 0) is 43.2 Å². The lowest BCUT2D eigenvalue weighted by Gasteiger charge is -2.19. The van der Waals surface area contributed by atoms with E-state index < -0.39 is 6.04 Å². The lowest BCUT2D eigenvalue weighted by atomic mass is 10.1. The molecule has 2 N–H and O–H groups in total. The van der Waals surface area contributed by atoms with Crippen molar-refractivity contribution in [3.63, 3.8) is 0 Å². The van der Waals surface area contributed by atoms with Crippen molar-refractivity contribution in [1.29, 1.82) is 0 Å². The quantitative estimate of drug-likeness (QED) is 0.504. The number of fused-ring (bicyclic) bond motifs is 1. The summed E-state index contributed by atoms with van der Waals surface area (Å²) < 4.78 is 0. The van der Waals surface area contributed by atoms with E-state index in [9.17, 15) is 19.2 Å². The molecule has 1 atom stereocenters. The molecule has 0 fully saturated rings. The highest BCUT2D eigenvalue weighted by Crippen LogP contribution is 2.24. The van der Waals surface area contributed by atoms with Gasteiger partial charge in [-0.2, -0.15) is 0 Å². The molecule has 3 aromatic rings. The summed E-state index contributed by atoms with van der Waals surface area (Å²) in [4.78, 5) is 52.0. The molecule has 0 aromatic heterocycles. The summed E-state index contributed by atoms with van der Waals surface area (Å²) >= 11 is 0. The van der Waals surface area contributed by atoms with Crippen LogP contribution in [0.25, 0.3) is 0 Å². The number of rotatable bonds is 8. The van der Waals surface area contributed by atoms with Gasteiger partial charge in [0.2, 0.25) is 5.91 Å². The number of benzene rings is 3. The Morgan fingerprint density at radius 3 is 2.21 bits per heavy atom. The van der Waals surface area contributed by atoms with Gasteiger partial charge in [0, 0.05) is 18.7 Å². The van der Waals surface area contributed by atoms with Crippen molar-refractivity contribution in [3.8, 4) is 0 Å². The molecule has 1 unspecified atom stereocenters. The third-order valence-corrected chi connectivity index (χ3v) is 5.65. The average molecular weight is 456 g/mol. The zero-order valence-electron chi connectivity index (χ0n) is 18.8. The predicted octanol–water partition coefficient (Wildman–Crippen LogP) is 3.87. The van der Waals surface area contributed by atoms with Crippen molar-refractivity contribution >= 4 is 29.3 Å². The number of aryl methyl sites for hydroxylation is 1. The third kappa shape index (κ3) is 5.04. The smallest absolute Gasteiger partial charge is 0.261 e. The molecule has 0 aliphatic carbocycles. The standard InChI is InChI=1S/C27H25N3O4/c1-18-14-15-21-22(17-18)27(34)30(26(21)33)16-8-13-23(31)29-24(19-9-4-2-5-10-19)25(32)28-20-11-6-3-7-12-20/h2-7,9-12,14-15,17,24H,8,13,16H2,1H3,(H,28,32)(H,29,31). The van der Waals surface area contributed by atoms with Gasteiger partial charge < -0.3 is 10.6 Å². The fraction of sp³-hybridized carbons (Fsp3) is 0.185. The van der Waals surface area contributed by atoms with Crippen LogP contribution in [0.4, 0.5) is 5.69 Å². The minimum absolute atomic E-state index is 0.0639. The average Bonchev–Trinajstić information content (AvgIpc) is 3.07. The van der Waals surface area contributed by atoms with Crippen LogP contribution in [0.2, 0.25) is 0 Å². The van der Waals surface area contributed by atoms with Crippen LogP contribution >= 0.6 is 0 Å². The molecule has 7 heteroatoms. The van der Waals surface area contributed by atoms with Gasteiger partial charge in [0.15, 0.2) is 0 Å². The SMILES string of the molecule is Cc1ccc2c(c1)C(=O)N(CCCC(=O)NC(C(=O)Nc1ccccc1)c1ccccc1)C2=O. The zero-order chi connectivity index (χ0) is 24.1. The number of nitrogens with one attached hydrogen (secondary N) is 2. The Hall–Kier alpha value is -4.26. The largest absolute Gasteiger partial charge is 0.341 e.